The summed E-state index contributed by atoms with van der Waals surface area (Å²) in [5.74, 6) is 0. The molecule has 0 aromatic carbocycles. The van der Waals surface area contributed by atoms with Gasteiger partial charge >= 0.3 is 14.6 Å². The van der Waals surface area contributed by atoms with Gasteiger partial charge in [-0.05, 0) is 0 Å². The molecule has 0 aromatic heterocycles. The van der Waals surface area contributed by atoms with Gasteiger partial charge in [0.2, 0.25) is 0 Å². The van der Waals surface area contributed by atoms with E-state index in [2.05, 4.69) is 0 Å². The average Bonchev–Trinajstić information content (AvgIpc) is 1.25. The Hall–Kier alpha value is 1.53. The standard InChI is InChI=1S/2BH3O3.K/c2*2-1(3)4;/h2*2-4H;. The van der Waals surface area contributed by atoms with Crippen molar-refractivity contribution < 1.29 is 30.1 Å². The largest absolute Gasteiger partial charge is 0.631 e. The van der Waals surface area contributed by atoms with E-state index in [4.69, 9.17) is 30.1 Å². The molecule has 0 aliphatic carbocycles. The minimum Gasteiger partial charge on any atom is -0.402 e. The van der Waals surface area contributed by atoms with Crippen molar-refractivity contribution in [2.24, 2.45) is 0 Å². The van der Waals surface area contributed by atoms with Crippen LogP contribution >= 0.6 is 0 Å². The topological polar surface area (TPSA) is 121 Å². The van der Waals surface area contributed by atoms with Gasteiger partial charge in [0, 0.05) is 51.4 Å². The van der Waals surface area contributed by atoms with Gasteiger partial charge in [-0.25, -0.2) is 0 Å². The molecule has 0 spiro atoms. The second kappa shape index (κ2) is 12.2. The molecule has 0 atom stereocenters. The Labute approximate surface area is 94.9 Å². The predicted molar refractivity (Wildman–Crippen MR) is 30.6 cm³/mol. The van der Waals surface area contributed by atoms with E-state index in [1.165, 1.54) is 0 Å². The van der Waals surface area contributed by atoms with Crippen molar-refractivity contribution in [2.45, 2.75) is 0 Å². The van der Waals surface area contributed by atoms with Gasteiger partial charge in [0.05, 0.1) is 0 Å². The second-order valence-corrected chi connectivity index (χ2v) is 0.693. The second-order valence-electron chi connectivity index (χ2n) is 0.693. The normalized spacial score (nSPS) is 6.00. The fraction of sp³-hybridized carbons (Fsp3) is 0. The van der Waals surface area contributed by atoms with E-state index in [1.54, 1.807) is 0 Å². The Morgan fingerprint density at radius 1 is 0.556 bits per heavy atom. The monoisotopic (exact) mass is 163 g/mol. The molecule has 0 saturated heterocycles. The van der Waals surface area contributed by atoms with E-state index in [1.807, 2.05) is 0 Å². The van der Waals surface area contributed by atoms with Crippen LogP contribution in [0.1, 0.15) is 0 Å². The molecule has 6 N–H and O–H groups in total. The minimum absolute atomic E-state index is 0. The zero-order valence-corrected chi connectivity index (χ0v) is 7.96. The summed E-state index contributed by atoms with van der Waals surface area (Å²) < 4.78 is 0. The first-order chi connectivity index (χ1) is 3.46. The predicted octanol–water partition coefficient (Wildman–Crippen LogP) is -4.48. The van der Waals surface area contributed by atoms with Crippen LogP contribution in [-0.4, -0.2) is 96.2 Å². The summed E-state index contributed by atoms with van der Waals surface area (Å²) in [6.07, 6.45) is 0. The molecule has 0 aliphatic rings. The number of rotatable bonds is 0. The quantitative estimate of drug-likeness (QED) is 0.200. The zero-order valence-electron chi connectivity index (χ0n) is 4.84. The molecule has 0 rings (SSSR count). The Bertz CT molecular complexity index is 26.5. The van der Waals surface area contributed by atoms with Crippen LogP contribution in [0.5, 0.6) is 0 Å². The van der Waals surface area contributed by atoms with Gasteiger partial charge in [0.25, 0.3) is 0 Å². The summed E-state index contributed by atoms with van der Waals surface area (Å²) in [4.78, 5) is 0. The van der Waals surface area contributed by atoms with Crippen LogP contribution < -0.4 is 0 Å². The third-order valence-electron chi connectivity index (χ3n) is 0. The average molecular weight is 163 g/mol. The van der Waals surface area contributed by atoms with Crippen LogP contribution in [-0.2, 0) is 0 Å². The first-order valence-corrected chi connectivity index (χ1v) is 1.55. The van der Waals surface area contributed by atoms with Crippen molar-refractivity contribution in [1.82, 2.24) is 0 Å². The Kier molecular flexibility index (Phi) is 22.9. The Balaban J connectivity index is -0.0000000720. The Morgan fingerprint density at radius 2 is 0.556 bits per heavy atom. The van der Waals surface area contributed by atoms with E-state index in [-0.39, 0.29) is 51.4 Å². The fourth-order valence-electron chi connectivity index (χ4n) is 0. The number of hydrogen-bond acceptors (Lipinski definition) is 6. The SMILES string of the molecule is OB(O)O.OB(O)O.[K]. The summed E-state index contributed by atoms with van der Waals surface area (Å²) in [6, 6.07) is 0. The summed E-state index contributed by atoms with van der Waals surface area (Å²) in [6.45, 7) is 0. The molecule has 9 heteroatoms. The molecule has 0 amide bonds. The molecular formula is H6B2KO6. The van der Waals surface area contributed by atoms with Gasteiger partial charge in [0.1, 0.15) is 0 Å². The van der Waals surface area contributed by atoms with Crippen LogP contribution in [0.15, 0.2) is 0 Å². The Morgan fingerprint density at radius 3 is 0.556 bits per heavy atom. The smallest absolute Gasteiger partial charge is 0.402 e. The summed E-state index contributed by atoms with van der Waals surface area (Å²) in [5, 5.41) is 43.0. The van der Waals surface area contributed by atoms with Gasteiger partial charge in [-0.2, -0.15) is 0 Å². The number of hydrogen-bond donors (Lipinski definition) is 6. The fourth-order valence-corrected chi connectivity index (χ4v) is 0. The van der Waals surface area contributed by atoms with Crippen molar-refractivity contribution in [3.05, 3.63) is 0 Å². The van der Waals surface area contributed by atoms with Crippen molar-refractivity contribution >= 4 is 66.0 Å². The van der Waals surface area contributed by atoms with Gasteiger partial charge in [-0.1, -0.05) is 0 Å². The van der Waals surface area contributed by atoms with Crippen LogP contribution in [0.3, 0.4) is 0 Å². The summed E-state index contributed by atoms with van der Waals surface area (Å²) >= 11 is 0. The maximum absolute atomic E-state index is 7.17. The first kappa shape index (κ1) is 16.9. The minimum atomic E-state index is -2.17. The molecule has 1 radical (unpaired) electrons. The molecule has 49 valence electrons. The molecule has 0 unspecified atom stereocenters. The molecular weight excluding hydrogens is 157 g/mol. The van der Waals surface area contributed by atoms with E-state index in [0.717, 1.165) is 0 Å². The maximum Gasteiger partial charge on any atom is 0.631 e. The van der Waals surface area contributed by atoms with Crippen LogP contribution in [0.25, 0.3) is 0 Å². The van der Waals surface area contributed by atoms with E-state index >= 15 is 0 Å². The van der Waals surface area contributed by atoms with Crippen molar-refractivity contribution in [3.63, 3.8) is 0 Å². The van der Waals surface area contributed by atoms with E-state index < -0.39 is 14.6 Å². The molecule has 0 bridgehead atoms. The summed E-state index contributed by atoms with van der Waals surface area (Å²) in [7, 11) is -4.33. The maximum atomic E-state index is 7.17. The molecule has 0 saturated carbocycles. The van der Waals surface area contributed by atoms with Crippen molar-refractivity contribution in [2.75, 3.05) is 0 Å². The van der Waals surface area contributed by atoms with Crippen LogP contribution in [0.4, 0.5) is 0 Å². The van der Waals surface area contributed by atoms with Gasteiger partial charge in [0.15, 0.2) is 0 Å². The zero-order chi connectivity index (χ0) is 7.15. The molecule has 0 fully saturated rings. The van der Waals surface area contributed by atoms with Crippen LogP contribution in [0.2, 0.25) is 0 Å². The molecule has 0 aromatic rings. The summed E-state index contributed by atoms with van der Waals surface area (Å²) in [5.41, 5.74) is 0. The van der Waals surface area contributed by atoms with Gasteiger partial charge < -0.3 is 30.1 Å². The third kappa shape index (κ3) is 232. The third-order valence-corrected chi connectivity index (χ3v) is 0. The van der Waals surface area contributed by atoms with Crippen molar-refractivity contribution in [1.29, 1.82) is 0 Å². The van der Waals surface area contributed by atoms with E-state index in [0.29, 0.717) is 0 Å². The van der Waals surface area contributed by atoms with E-state index in [9.17, 15) is 0 Å². The van der Waals surface area contributed by atoms with Crippen LogP contribution in [0, 0.1) is 0 Å². The first-order valence-electron chi connectivity index (χ1n) is 1.55. The molecule has 9 heavy (non-hydrogen) atoms. The van der Waals surface area contributed by atoms with Crippen molar-refractivity contribution in [3.8, 4) is 0 Å². The van der Waals surface area contributed by atoms with Gasteiger partial charge in [-0.15, -0.1) is 0 Å². The molecule has 0 aliphatic heterocycles. The molecule has 0 heterocycles. The van der Waals surface area contributed by atoms with Gasteiger partial charge in [-0.3, -0.25) is 0 Å². The molecule has 6 nitrogen and oxygen atoms in total.